The van der Waals surface area contributed by atoms with Crippen molar-refractivity contribution in [1.29, 1.82) is 0 Å². The van der Waals surface area contributed by atoms with Crippen LogP contribution in [0.3, 0.4) is 0 Å². The number of aryl methyl sites for hydroxylation is 2. The number of fused-ring (bicyclic) bond motifs is 1. The second-order valence-corrected chi connectivity index (χ2v) is 6.04. The number of hydrogen-bond donors (Lipinski definition) is 2. The molecule has 1 aromatic carbocycles. The number of nitrogens with zero attached hydrogens (tertiary/aromatic N) is 1. The van der Waals surface area contributed by atoms with E-state index in [1.807, 2.05) is 6.92 Å². The van der Waals surface area contributed by atoms with Crippen LogP contribution in [0.15, 0.2) is 24.4 Å². The third-order valence-electron chi connectivity index (χ3n) is 3.33. The van der Waals surface area contributed by atoms with Crippen LogP contribution < -0.4 is 10.6 Å². The number of halogens is 1. The maximum atomic E-state index is 13.1. The van der Waals surface area contributed by atoms with E-state index in [0.29, 0.717) is 5.13 Å². The number of rotatable bonds is 2. The normalized spacial score (nSPS) is 16.8. The standard InChI is InChI=1S/C14H14FN3OS/c1-8-7-16-14(20-8)18-13(19)17-12-5-2-9-6-10(15)3-4-11(9)12/h3-4,6-7,12H,2,5H2,1H3,(H2,16,17,18,19)/t12-/m1/s1. The Labute approximate surface area is 120 Å². The van der Waals surface area contributed by atoms with Crippen molar-refractivity contribution >= 4 is 22.5 Å². The molecule has 6 heteroatoms. The third-order valence-corrected chi connectivity index (χ3v) is 4.16. The zero-order chi connectivity index (χ0) is 14.1. The van der Waals surface area contributed by atoms with Crippen molar-refractivity contribution in [3.63, 3.8) is 0 Å². The van der Waals surface area contributed by atoms with Gasteiger partial charge in [0.15, 0.2) is 5.13 Å². The van der Waals surface area contributed by atoms with Gasteiger partial charge in [0.05, 0.1) is 6.04 Å². The Morgan fingerprint density at radius 3 is 3.10 bits per heavy atom. The summed E-state index contributed by atoms with van der Waals surface area (Å²) in [5, 5.41) is 6.20. The number of amides is 2. The number of benzene rings is 1. The highest BCUT2D eigenvalue weighted by Gasteiger charge is 2.24. The summed E-state index contributed by atoms with van der Waals surface area (Å²) in [4.78, 5) is 17.1. The number of anilines is 1. The molecule has 104 valence electrons. The largest absolute Gasteiger partial charge is 0.331 e. The molecule has 0 saturated carbocycles. The smallest absolute Gasteiger partial charge is 0.321 e. The maximum absolute atomic E-state index is 13.1. The zero-order valence-electron chi connectivity index (χ0n) is 10.9. The molecular formula is C14H14FN3OS. The first-order chi connectivity index (χ1) is 9.61. The highest BCUT2D eigenvalue weighted by Crippen LogP contribution is 2.31. The van der Waals surface area contributed by atoms with E-state index >= 15 is 0 Å². The van der Waals surface area contributed by atoms with E-state index in [1.165, 1.54) is 17.4 Å². The lowest BCUT2D eigenvalue weighted by molar-refractivity contribution is 0.248. The summed E-state index contributed by atoms with van der Waals surface area (Å²) in [6.45, 7) is 1.93. The highest BCUT2D eigenvalue weighted by atomic mass is 32.1. The van der Waals surface area contributed by atoms with Crippen molar-refractivity contribution in [2.75, 3.05) is 5.32 Å². The lowest BCUT2D eigenvalue weighted by Gasteiger charge is -2.14. The predicted octanol–water partition coefficient (Wildman–Crippen LogP) is 3.40. The number of urea groups is 1. The fraction of sp³-hybridized carbons (Fsp3) is 0.286. The van der Waals surface area contributed by atoms with Crippen LogP contribution in [0.5, 0.6) is 0 Å². The molecule has 0 radical (unpaired) electrons. The lowest BCUT2D eigenvalue weighted by atomic mass is 10.1. The first-order valence-electron chi connectivity index (χ1n) is 6.40. The summed E-state index contributed by atoms with van der Waals surface area (Å²) in [5.74, 6) is -0.230. The van der Waals surface area contributed by atoms with E-state index < -0.39 is 0 Å². The average Bonchev–Trinajstić information content (AvgIpc) is 2.96. The van der Waals surface area contributed by atoms with Crippen LogP contribution in [0.4, 0.5) is 14.3 Å². The Hall–Kier alpha value is -1.95. The molecule has 20 heavy (non-hydrogen) atoms. The molecule has 2 N–H and O–H groups in total. The quantitative estimate of drug-likeness (QED) is 0.891. The second-order valence-electron chi connectivity index (χ2n) is 4.81. The molecule has 4 nitrogen and oxygen atoms in total. The van der Waals surface area contributed by atoms with Gasteiger partial charge in [-0.3, -0.25) is 5.32 Å². The first kappa shape index (κ1) is 13.1. The summed E-state index contributed by atoms with van der Waals surface area (Å²) in [5.41, 5.74) is 1.97. The van der Waals surface area contributed by atoms with Crippen molar-refractivity contribution in [3.8, 4) is 0 Å². The Morgan fingerprint density at radius 2 is 2.35 bits per heavy atom. The molecule has 1 atom stereocenters. The Kier molecular flexibility index (Phi) is 3.40. The van der Waals surface area contributed by atoms with E-state index in [2.05, 4.69) is 15.6 Å². The van der Waals surface area contributed by atoms with E-state index in [0.717, 1.165) is 28.8 Å². The number of aromatic nitrogens is 1. The number of thiazole rings is 1. The fourth-order valence-electron chi connectivity index (χ4n) is 2.44. The maximum Gasteiger partial charge on any atom is 0.321 e. The summed E-state index contributed by atoms with van der Waals surface area (Å²) in [7, 11) is 0. The monoisotopic (exact) mass is 291 g/mol. The van der Waals surface area contributed by atoms with E-state index in [1.54, 1.807) is 18.3 Å². The van der Waals surface area contributed by atoms with Gasteiger partial charge < -0.3 is 5.32 Å². The summed E-state index contributed by atoms with van der Waals surface area (Å²) >= 11 is 1.43. The van der Waals surface area contributed by atoms with E-state index in [9.17, 15) is 9.18 Å². The van der Waals surface area contributed by atoms with Crippen molar-refractivity contribution in [1.82, 2.24) is 10.3 Å². The van der Waals surface area contributed by atoms with Crippen LogP contribution in [0, 0.1) is 12.7 Å². The van der Waals surface area contributed by atoms with Gasteiger partial charge in [-0.2, -0.15) is 0 Å². The molecule has 0 aliphatic heterocycles. The van der Waals surface area contributed by atoms with Crippen LogP contribution in [-0.2, 0) is 6.42 Å². The van der Waals surface area contributed by atoms with Gasteiger partial charge in [0.1, 0.15) is 5.82 Å². The van der Waals surface area contributed by atoms with Crippen LogP contribution in [0.2, 0.25) is 0 Å². The van der Waals surface area contributed by atoms with Gasteiger partial charge in [0, 0.05) is 11.1 Å². The van der Waals surface area contributed by atoms with Gasteiger partial charge in [-0.15, -0.1) is 11.3 Å². The Bertz CT molecular complexity index is 656. The van der Waals surface area contributed by atoms with Gasteiger partial charge in [-0.05, 0) is 43.0 Å². The molecule has 0 spiro atoms. The molecule has 2 aromatic rings. The predicted molar refractivity (Wildman–Crippen MR) is 76.5 cm³/mol. The summed E-state index contributed by atoms with van der Waals surface area (Å²) < 4.78 is 13.1. The van der Waals surface area contributed by atoms with Crippen molar-refractivity contribution in [2.24, 2.45) is 0 Å². The Balaban J connectivity index is 1.66. The van der Waals surface area contributed by atoms with E-state index in [-0.39, 0.29) is 17.9 Å². The fourth-order valence-corrected chi connectivity index (χ4v) is 3.10. The molecule has 1 aliphatic carbocycles. The van der Waals surface area contributed by atoms with Crippen molar-refractivity contribution < 1.29 is 9.18 Å². The second kappa shape index (κ2) is 5.20. The van der Waals surface area contributed by atoms with E-state index in [4.69, 9.17) is 0 Å². The topological polar surface area (TPSA) is 54.0 Å². The molecule has 0 fully saturated rings. The number of carbonyl (C=O) groups excluding carboxylic acids is 1. The van der Waals surface area contributed by atoms with Crippen LogP contribution in [0.25, 0.3) is 0 Å². The summed E-state index contributed by atoms with van der Waals surface area (Å²) in [6.07, 6.45) is 3.30. The minimum Gasteiger partial charge on any atom is -0.331 e. The molecule has 0 bridgehead atoms. The minimum absolute atomic E-state index is 0.0633. The Morgan fingerprint density at radius 1 is 1.50 bits per heavy atom. The number of nitrogens with one attached hydrogen (secondary N) is 2. The molecule has 1 aromatic heterocycles. The first-order valence-corrected chi connectivity index (χ1v) is 7.22. The minimum atomic E-state index is -0.276. The van der Waals surface area contributed by atoms with Gasteiger partial charge >= 0.3 is 6.03 Å². The lowest BCUT2D eigenvalue weighted by Crippen LogP contribution is -2.31. The molecule has 2 amide bonds. The third kappa shape index (κ3) is 2.65. The van der Waals surface area contributed by atoms with Crippen LogP contribution in [0.1, 0.15) is 28.5 Å². The molecular weight excluding hydrogens is 277 g/mol. The van der Waals surface area contributed by atoms with Crippen molar-refractivity contribution in [3.05, 3.63) is 46.2 Å². The molecule has 0 unspecified atom stereocenters. The van der Waals surface area contributed by atoms with Gasteiger partial charge in [-0.1, -0.05) is 6.07 Å². The van der Waals surface area contributed by atoms with Crippen LogP contribution in [-0.4, -0.2) is 11.0 Å². The van der Waals surface area contributed by atoms with Gasteiger partial charge in [-0.25, -0.2) is 14.2 Å². The molecule has 1 heterocycles. The van der Waals surface area contributed by atoms with Crippen molar-refractivity contribution in [2.45, 2.75) is 25.8 Å². The molecule has 1 aliphatic rings. The molecule has 3 rings (SSSR count). The molecule has 0 saturated heterocycles. The SMILES string of the molecule is Cc1cnc(NC(=O)N[C@@H]2CCc3cc(F)ccc32)s1. The number of hydrogen-bond acceptors (Lipinski definition) is 3. The summed E-state index contributed by atoms with van der Waals surface area (Å²) in [6, 6.07) is 4.38. The average molecular weight is 291 g/mol. The highest BCUT2D eigenvalue weighted by molar-refractivity contribution is 7.15. The van der Waals surface area contributed by atoms with Crippen LogP contribution >= 0.6 is 11.3 Å². The number of carbonyl (C=O) groups is 1. The zero-order valence-corrected chi connectivity index (χ0v) is 11.8. The van der Waals surface area contributed by atoms with Gasteiger partial charge in [0.25, 0.3) is 0 Å². The van der Waals surface area contributed by atoms with Gasteiger partial charge in [0.2, 0.25) is 0 Å².